The Bertz CT molecular complexity index is 639. The summed E-state index contributed by atoms with van der Waals surface area (Å²) < 4.78 is 31.6. The van der Waals surface area contributed by atoms with Gasteiger partial charge in [0.2, 0.25) is 10.0 Å². The maximum Gasteiger partial charge on any atom is 0.287 e. The Morgan fingerprint density at radius 3 is 2.57 bits per heavy atom. The highest BCUT2D eigenvalue weighted by atomic mass is 32.2. The molecular weight excluding hydrogens is 324 g/mol. The Balaban J connectivity index is 1.88. The topological polar surface area (TPSA) is 115 Å². The van der Waals surface area contributed by atoms with Gasteiger partial charge in [-0.2, -0.15) is 4.31 Å². The second-order valence-corrected chi connectivity index (χ2v) is 7.56. The minimum absolute atomic E-state index is 0.0783. The minimum atomic E-state index is -3.39. The molecule has 2 rings (SSSR count). The third-order valence-corrected chi connectivity index (χ3v) is 5.21. The lowest BCUT2D eigenvalue weighted by atomic mass is 10.3. The zero-order valence-corrected chi connectivity index (χ0v) is 13.8. The van der Waals surface area contributed by atoms with E-state index in [2.05, 4.69) is 10.3 Å². The van der Waals surface area contributed by atoms with Crippen molar-refractivity contribution in [1.29, 1.82) is 0 Å². The Morgan fingerprint density at radius 1 is 1.39 bits per heavy atom. The fourth-order valence-corrected chi connectivity index (χ4v) is 3.89. The maximum absolute atomic E-state index is 12.3. The number of nitrogens with zero attached hydrogens (tertiary/aromatic N) is 3. The monoisotopic (exact) mass is 344 g/mol. The smallest absolute Gasteiger partial charge is 0.287 e. The lowest BCUT2D eigenvalue weighted by Gasteiger charge is -2.34. The van der Waals surface area contributed by atoms with Crippen molar-refractivity contribution >= 4 is 21.5 Å². The normalized spacial score (nSPS) is 22.7. The molecule has 0 bridgehead atoms. The highest BCUT2D eigenvalue weighted by Crippen LogP contribution is 2.15. The van der Waals surface area contributed by atoms with Crippen molar-refractivity contribution < 1.29 is 18.1 Å². The Labute approximate surface area is 134 Å². The number of morpholine rings is 1. The molecule has 0 aromatic carbocycles. The van der Waals surface area contributed by atoms with Crippen molar-refractivity contribution in [1.82, 2.24) is 9.29 Å². The Hall–Kier alpha value is -1.78. The first-order valence-electron chi connectivity index (χ1n) is 7.25. The molecule has 0 unspecified atom stereocenters. The molecule has 10 heteroatoms. The molecule has 1 aromatic heterocycles. The summed E-state index contributed by atoms with van der Waals surface area (Å²) in [6.07, 6.45) is 0.873. The number of sulfonamides is 1. The van der Waals surface area contributed by atoms with E-state index in [-0.39, 0.29) is 30.2 Å². The van der Waals surface area contributed by atoms with Crippen LogP contribution >= 0.6 is 0 Å². The van der Waals surface area contributed by atoms with Gasteiger partial charge in [0.05, 0.1) is 22.9 Å². The number of nitrogens with one attached hydrogen (secondary N) is 1. The molecule has 0 radical (unpaired) electrons. The van der Waals surface area contributed by atoms with Gasteiger partial charge in [0.15, 0.2) is 0 Å². The fourth-order valence-electron chi connectivity index (χ4n) is 2.39. The van der Waals surface area contributed by atoms with Crippen LogP contribution in [0.3, 0.4) is 0 Å². The molecular formula is C13H20N4O5S. The predicted molar refractivity (Wildman–Crippen MR) is 84.7 cm³/mol. The van der Waals surface area contributed by atoms with Crippen LogP contribution in [0.4, 0.5) is 11.5 Å². The zero-order chi connectivity index (χ0) is 17.0. The van der Waals surface area contributed by atoms with E-state index in [1.54, 1.807) is 0 Å². The van der Waals surface area contributed by atoms with E-state index < -0.39 is 14.9 Å². The van der Waals surface area contributed by atoms with E-state index in [9.17, 15) is 18.5 Å². The first kappa shape index (κ1) is 17.6. The van der Waals surface area contributed by atoms with Gasteiger partial charge < -0.3 is 10.1 Å². The first-order chi connectivity index (χ1) is 10.8. The van der Waals surface area contributed by atoms with Crippen molar-refractivity contribution in [2.45, 2.75) is 26.1 Å². The van der Waals surface area contributed by atoms with E-state index in [4.69, 9.17) is 4.74 Å². The van der Waals surface area contributed by atoms with Crippen LogP contribution in [0, 0.1) is 10.1 Å². The lowest BCUT2D eigenvalue weighted by Crippen LogP contribution is -2.49. The molecule has 1 aliphatic heterocycles. The van der Waals surface area contributed by atoms with Crippen LogP contribution in [0.25, 0.3) is 0 Å². The summed E-state index contributed by atoms with van der Waals surface area (Å²) in [5.41, 5.74) is -0.112. The number of aromatic nitrogens is 1. The lowest BCUT2D eigenvalue weighted by molar-refractivity contribution is -0.385. The third-order valence-electron chi connectivity index (χ3n) is 3.40. The number of hydrogen-bond donors (Lipinski definition) is 1. The van der Waals surface area contributed by atoms with Crippen molar-refractivity contribution in [2.75, 3.05) is 30.7 Å². The van der Waals surface area contributed by atoms with Gasteiger partial charge in [0.1, 0.15) is 12.0 Å². The van der Waals surface area contributed by atoms with Crippen LogP contribution in [-0.2, 0) is 14.8 Å². The number of ether oxygens (including phenoxy) is 1. The molecule has 1 aliphatic rings. The number of rotatable bonds is 6. The second kappa shape index (κ2) is 7.20. The van der Waals surface area contributed by atoms with Crippen molar-refractivity contribution in [2.24, 2.45) is 0 Å². The summed E-state index contributed by atoms with van der Waals surface area (Å²) in [5, 5.41) is 13.4. The van der Waals surface area contributed by atoms with Gasteiger partial charge >= 0.3 is 0 Å². The first-order valence-corrected chi connectivity index (χ1v) is 8.86. The maximum atomic E-state index is 12.3. The molecule has 0 aliphatic carbocycles. The number of pyridine rings is 1. The van der Waals surface area contributed by atoms with Crippen LogP contribution in [0.2, 0.25) is 0 Å². The quantitative estimate of drug-likeness (QED) is 0.600. The van der Waals surface area contributed by atoms with Crippen LogP contribution in [0.5, 0.6) is 0 Å². The largest absolute Gasteiger partial charge is 0.373 e. The van der Waals surface area contributed by atoms with Crippen molar-refractivity contribution in [3.8, 4) is 0 Å². The summed E-state index contributed by atoms with van der Waals surface area (Å²) in [4.78, 5) is 13.9. The molecule has 0 spiro atoms. The molecule has 23 heavy (non-hydrogen) atoms. The second-order valence-electron chi connectivity index (χ2n) is 5.48. The van der Waals surface area contributed by atoms with Crippen molar-refractivity contribution in [3.05, 3.63) is 28.4 Å². The molecule has 0 saturated carbocycles. The van der Waals surface area contributed by atoms with Crippen molar-refractivity contribution in [3.63, 3.8) is 0 Å². The van der Waals surface area contributed by atoms with E-state index in [0.717, 1.165) is 6.20 Å². The molecule has 128 valence electrons. The number of nitro groups is 1. The summed E-state index contributed by atoms with van der Waals surface area (Å²) >= 11 is 0. The SMILES string of the molecule is C[C@@H]1CN(S(=O)(=O)CCNc2ccc([N+](=O)[O-])cn2)C[C@H](C)O1. The standard InChI is InChI=1S/C13H20N4O5S/c1-10-8-16(9-11(2)22-10)23(20,21)6-5-14-13-4-3-12(7-15-13)17(18)19/h3-4,7,10-11H,5-6,8-9H2,1-2H3,(H,14,15)/t10-,11+. The summed E-state index contributed by atoms with van der Waals surface area (Å²) in [6.45, 7) is 4.56. The molecule has 1 saturated heterocycles. The van der Waals surface area contributed by atoms with Crippen LogP contribution in [-0.4, -0.2) is 60.2 Å². The molecule has 1 fully saturated rings. The molecule has 2 heterocycles. The fraction of sp³-hybridized carbons (Fsp3) is 0.615. The molecule has 0 amide bonds. The summed E-state index contributed by atoms with van der Waals surface area (Å²) in [6, 6.07) is 2.76. The average Bonchev–Trinajstić information content (AvgIpc) is 2.46. The van der Waals surface area contributed by atoms with Gasteiger partial charge in [-0.15, -0.1) is 0 Å². The summed E-state index contributed by atoms with van der Waals surface area (Å²) in [7, 11) is -3.39. The predicted octanol–water partition coefficient (Wildman–Crippen LogP) is 0.841. The molecule has 1 N–H and O–H groups in total. The minimum Gasteiger partial charge on any atom is -0.373 e. The van der Waals surface area contributed by atoms with Gasteiger partial charge in [-0.25, -0.2) is 13.4 Å². The van der Waals surface area contributed by atoms with Gasteiger partial charge in [0.25, 0.3) is 5.69 Å². The number of anilines is 1. The van der Waals surface area contributed by atoms with Gasteiger partial charge in [-0.05, 0) is 19.9 Å². The van der Waals surface area contributed by atoms with Crippen LogP contribution in [0.15, 0.2) is 18.3 Å². The Kier molecular flexibility index (Phi) is 5.50. The van der Waals surface area contributed by atoms with E-state index in [0.29, 0.717) is 18.9 Å². The number of hydrogen-bond acceptors (Lipinski definition) is 7. The summed E-state index contributed by atoms with van der Waals surface area (Å²) in [5.74, 6) is 0.319. The van der Waals surface area contributed by atoms with E-state index in [1.165, 1.54) is 16.4 Å². The van der Waals surface area contributed by atoms with E-state index >= 15 is 0 Å². The zero-order valence-electron chi connectivity index (χ0n) is 13.0. The molecule has 1 aromatic rings. The van der Waals surface area contributed by atoms with Gasteiger partial charge in [-0.3, -0.25) is 10.1 Å². The molecule has 2 atom stereocenters. The highest BCUT2D eigenvalue weighted by Gasteiger charge is 2.30. The van der Waals surface area contributed by atoms with E-state index in [1.807, 2.05) is 13.8 Å². The third kappa shape index (κ3) is 4.85. The van der Waals surface area contributed by atoms with Crippen LogP contribution in [0.1, 0.15) is 13.8 Å². The molecule has 9 nitrogen and oxygen atoms in total. The Morgan fingerprint density at radius 2 is 2.04 bits per heavy atom. The van der Waals surface area contributed by atoms with Gasteiger partial charge in [0, 0.05) is 25.7 Å². The van der Waals surface area contributed by atoms with Gasteiger partial charge in [-0.1, -0.05) is 0 Å². The van der Waals surface area contributed by atoms with Crippen LogP contribution < -0.4 is 5.32 Å². The average molecular weight is 344 g/mol. The highest BCUT2D eigenvalue weighted by molar-refractivity contribution is 7.89.